The van der Waals surface area contributed by atoms with Crippen LogP contribution in [0.4, 0.5) is 0 Å². The predicted octanol–water partition coefficient (Wildman–Crippen LogP) is 0.506. The van der Waals surface area contributed by atoms with Gasteiger partial charge in [-0.15, -0.1) is 0 Å². The molecular formula is C12H20N2O3S. The van der Waals surface area contributed by atoms with E-state index in [-0.39, 0.29) is 5.75 Å². The van der Waals surface area contributed by atoms with Crippen LogP contribution in [0.2, 0.25) is 0 Å². The second-order valence-electron chi connectivity index (χ2n) is 3.96. The molecule has 3 N–H and O–H groups in total. The summed E-state index contributed by atoms with van der Waals surface area (Å²) in [5.74, 6) is 0.861. The van der Waals surface area contributed by atoms with Crippen LogP contribution in [0.25, 0.3) is 0 Å². The molecule has 0 atom stereocenters. The van der Waals surface area contributed by atoms with Gasteiger partial charge >= 0.3 is 0 Å². The molecular weight excluding hydrogens is 252 g/mol. The van der Waals surface area contributed by atoms with E-state index in [1.807, 2.05) is 24.3 Å². The van der Waals surface area contributed by atoms with Gasteiger partial charge in [-0.3, -0.25) is 0 Å². The van der Waals surface area contributed by atoms with Crippen molar-refractivity contribution in [3.05, 3.63) is 29.8 Å². The third kappa shape index (κ3) is 5.48. The fourth-order valence-electron chi connectivity index (χ4n) is 1.52. The Morgan fingerprint density at radius 1 is 1.39 bits per heavy atom. The van der Waals surface area contributed by atoms with Gasteiger partial charge in [-0.05, 0) is 37.1 Å². The van der Waals surface area contributed by atoms with Crippen LogP contribution in [0.5, 0.6) is 5.75 Å². The lowest BCUT2D eigenvalue weighted by Crippen LogP contribution is -2.29. The van der Waals surface area contributed by atoms with Crippen molar-refractivity contribution < 1.29 is 13.2 Å². The Labute approximate surface area is 108 Å². The zero-order valence-electron chi connectivity index (χ0n) is 10.6. The summed E-state index contributed by atoms with van der Waals surface area (Å²) in [5, 5.41) is 0. The highest BCUT2D eigenvalue weighted by Gasteiger charge is 2.08. The molecule has 1 aromatic rings. The first-order valence-electron chi connectivity index (χ1n) is 5.88. The van der Waals surface area contributed by atoms with E-state index in [0.29, 0.717) is 25.9 Å². The topological polar surface area (TPSA) is 81.4 Å². The average Bonchev–Trinajstić information content (AvgIpc) is 2.36. The summed E-state index contributed by atoms with van der Waals surface area (Å²) < 4.78 is 30.7. The van der Waals surface area contributed by atoms with Crippen LogP contribution >= 0.6 is 0 Å². The van der Waals surface area contributed by atoms with E-state index < -0.39 is 10.0 Å². The highest BCUT2D eigenvalue weighted by Crippen LogP contribution is 2.12. The fraction of sp³-hybridized carbons (Fsp3) is 0.500. The Morgan fingerprint density at radius 3 is 2.83 bits per heavy atom. The molecule has 0 aromatic heterocycles. The lowest BCUT2D eigenvalue weighted by Gasteiger charge is -2.07. The molecule has 0 spiro atoms. The summed E-state index contributed by atoms with van der Waals surface area (Å²) in [6.07, 6.45) is 1.12. The minimum absolute atomic E-state index is 0.0849. The summed E-state index contributed by atoms with van der Waals surface area (Å²) in [7, 11) is -1.59. The molecule has 0 aliphatic rings. The summed E-state index contributed by atoms with van der Waals surface area (Å²) in [6, 6.07) is 7.58. The van der Waals surface area contributed by atoms with Crippen LogP contribution in [-0.2, 0) is 16.4 Å². The van der Waals surface area contributed by atoms with Gasteiger partial charge in [0, 0.05) is 6.54 Å². The number of nitrogens with two attached hydrogens (primary N) is 1. The van der Waals surface area contributed by atoms with Crippen LogP contribution in [0, 0.1) is 0 Å². The van der Waals surface area contributed by atoms with Gasteiger partial charge in [0.2, 0.25) is 10.0 Å². The molecule has 102 valence electrons. The maximum absolute atomic E-state index is 11.5. The molecule has 0 heterocycles. The van der Waals surface area contributed by atoms with E-state index >= 15 is 0 Å². The molecule has 0 aliphatic carbocycles. The Bertz CT molecular complexity index is 460. The summed E-state index contributed by atoms with van der Waals surface area (Å²) in [5.41, 5.74) is 6.32. The van der Waals surface area contributed by atoms with E-state index in [4.69, 9.17) is 10.5 Å². The van der Waals surface area contributed by atoms with Gasteiger partial charge in [0.1, 0.15) is 5.75 Å². The normalized spacial score (nSPS) is 11.4. The summed E-state index contributed by atoms with van der Waals surface area (Å²) in [6.45, 7) is 0.775. The minimum Gasteiger partial charge on any atom is -0.497 e. The van der Waals surface area contributed by atoms with Gasteiger partial charge in [-0.25, -0.2) is 13.1 Å². The molecule has 0 saturated heterocycles. The number of hydrogen-bond donors (Lipinski definition) is 2. The zero-order chi connectivity index (χ0) is 13.4. The van der Waals surface area contributed by atoms with Crippen molar-refractivity contribution in [2.45, 2.75) is 12.8 Å². The SMILES string of the molecule is COc1cccc(CCNS(=O)(=O)CCCN)c1. The Balaban J connectivity index is 2.41. The first-order valence-corrected chi connectivity index (χ1v) is 7.53. The largest absolute Gasteiger partial charge is 0.497 e. The van der Waals surface area contributed by atoms with Crippen LogP contribution in [0.3, 0.4) is 0 Å². The molecule has 1 aromatic carbocycles. The third-order valence-electron chi connectivity index (χ3n) is 2.49. The van der Waals surface area contributed by atoms with E-state index in [0.717, 1.165) is 11.3 Å². The smallest absolute Gasteiger partial charge is 0.211 e. The molecule has 1 rings (SSSR count). The van der Waals surface area contributed by atoms with Crippen LogP contribution in [0.1, 0.15) is 12.0 Å². The first kappa shape index (κ1) is 14.9. The number of rotatable bonds is 8. The van der Waals surface area contributed by atoms with Gasteiger partial charge in [0.05, 0.1) is 12.9 Å². The van der Waals surface area contributed by atoms with E-state index in [2.05, 4.69) is 4.72 Å². The Kier molecular flexibility index (Phi) is 6.11. The number of hydrogen-bond acceptors (Lipinski definition) is 4. The van der Waals surface area contributed by atoms with Gasteiger partial charge in [0.15, 0.2) is 0 Å². The maximum Gasteiger partial charge on any atom is 0.211 e. The number of ether oxygens (including phenoxy) is 1. The monoisotopic (exact) mass is 272 g/mol. The van der Waals surface area contributed by atoms with Crippen molar-refractivity contribution in [2.24, 2.45) is 5.73 Å². The lowest BCUT2D eigenvalue weighted by atomic mass is 10.1. The van der Waals surface area contributed by atoms with Crippen LogP contribution in [-0.4, -0.2) is 34.4 Å². The second-order valence-corrected chi connectivity index (χ2v) is 5.88. The van der Waals surface area contributed by atoms with Crippen molar-refractivity contribution in [1.29, 1.82) is 0 Å². The highest BCUT2D eigenvalue weighted by atomic mass is 32.2. The molecule has 18 heavy (non-hydrogen) atoms. The Morgan fingerprint density at radius 2 is 2.17 bits per heavy atom. The molecule has 0 aliphatic heterocycles. The highest BCUT2D eigenvalue weighted by molar-refractivity contribution is 7.89. The molecule has 0 unspecified atom stereocenters. The molecule has 6 heteroatoms. The lowest BCUT2D eigenvalue weighted by molar-refractivity contribution is 0.414. The van der Waals surface area contributed by atoms with Gasteiger partial charge in [0.25, 0.3) is 0 Å². The van der Waals surface area contributed by atoms with E-state index in [9.17, 15) is 8.42 Å². The van der Waals surface area contributed by atoms with Crippen molar-refractivity contribution in [1.82, 2.24) is 4.72 Å². The third-order valence-corrected chi connectivity index (χ3v) is 3.96. The average molecular weight is 272 g/mol. The first-order chi connectivity index (χ1) is 8.57. The molecule has 5 nitrogen and oxygen atoms in total. The second kappa shape index (κ2) is 7.35. The van der Waals surface area contributed by atoms with Crippen molar-refractivity contribution in [3.8, 4) is 5.75 Å². The number of nitrogens with one attached hydrogen (secondary N) is 1. The number of benzene rings is 1. The summed E-state index contributed by atoms with van der Waals surface area (Å²) in [4.78, 5) is 0. The molecule has 0 fully saturated rings. The quantitative estimate of drug-likeness (QED) is 0.722. The van der Waals surface area contributed by atoms with E-state index in [1.165, 1.54) is 0 Å². The van der Waals surface area contributed by atoms with Gasteiger partial charge in [-0.1, -0.05) is 12.1 Å². The number of methoxy groups -OCH3 is 1. The minimum atomic E-state index is -3.19. The van der Waals surface area contributed by atoms with Crippen molar-refractivity contribution in [2.75, 3.05) is 26.0 Å². The maximum atomic E-state index is 11.5. The standard InChI is InChI=1S/C12H20N2O3S/c1-17-12-5-2-4-11(10-12)6-8-14-18(15,16)9-3-7-13/h2,4-5,10,14H,3,6-9,13H2,1H3. The Hall–Kier alpha value is -1.11. The summed E-state index contributed by atoms with van der Waals surface area (Å²) >= 11 is 0. The molecule has 0 bridgehead atoms. The zero-order valence-corrected chi connectivity index (χ0v) is 11.4. The van der Waals surface area contributed by atoms with Gasteiger partial charge in [-0.2, -0.15) is 0 Å². The van der Waals surface area contributed by atoms with Crippen molar-refractivity contribution >= 4 is 10.0 Å². The predicted molar refractivity (Wildman–Crippen MR) is 72.2 cm³/mol. The molecule has 0 radical (unpaired) electrons. The fourth-order valence-corrected chi connectivity index (χ4v) is 2.63. The van der Waals surface area contributed by atoms with Crippen LogP contribution in [0.15, 0.2) is 24.3 Å². The van der Waals surface area contributed by atoms with E-state index in [1.54, 1.807) is 7.11 Å². The van der Waals surface area contributed by atoms with Crippen LogP contribution < -0.4 is 15.2 Å². The van der Waals surface area contributed by atoms with Crippen molar-refractivity contribution in [3.63, 3.8) is 0 Å². The number of sulfonamides is 1. The van der Waals surface area contributed by atoms with Gasteiger partial charge < -0.3 is 10.5 Å². The molecule has 0 amide bonds. The molecule has 0 saturated carbocycles.